The zero-order chi connectivity index (χ0) is 17.0. The maximum atomic E-state index is 9.07. The van der Waals surface area contributed by atoms with Crippen molar-refractivity contribution in [2.45, 2.75) is 45.9 Å². The van der Waals surface area contributed by atoms with Crippen LogP contribution >= 0.6 is 11.8 Å². The lowest BCUT2D eigenvalue weighted by atomic mass is 10.1. The van der Waals surface area contributed by atoms with Crippen molar-refractivity contribution in [2.24, 2.45) is 0 Å². The quantitative estimate of drug-likeness (QED) is 0.742. The zero-order valence-electron chi connectivity index (χ0n) is 14.2. The van der Waals surface area contributed by atoms with Gasteiger partial charge in [0, 0.05) is 0 Å². The van der Waals surface area contributed by atoms with Gasteiger partial charge in [-0.2, -0.15) is 10.2 Å². The molecule has 23 heavy (non-hydrogen) atoms. The Hall–Kier alpha value is -2.06. The number of thioether (sulfide) groups is 1. The van der Waals surface area contributed by atoms with Gasteiger partial charge in [-0.05, 0) is 56.2 Å². The summed E-state index contributed by atoms with van der Waals surface area (Å²) in [4.78, 5) is 10.0. The van der Waals surface area contributed by atoms with Crippen molar-refractivity contribution < 1.29 is 4.74 Å². The highest BCUT2D eigenvalue weighted by Gasteiger charge is 2.16. The van der Waals surface area contributed by atoms with E-state index in [2.05, 4.69) is 29.9 Å². The van der Waals surface area contributed by atoms with Crippen LogP contribution < -0.4 is 4.74 Å². The van der Waals surface area contributed by atoms with Crippen molar-refractivity contribution in [1.29, 1.82) is 5.26 Å². The molecule has 1 heterocycles. The predicted molar refractivity (Wildman–Crippen MR) is 93.3 cm³/mol. The molecule has 0 N–H and O–H groups in total. The van der Waals surface area contributed by atoms with Crippen molar-refractivity contribution in [3.05, 3.63) is 40.3 Å². The van der Waals surface area contributed by atoms with Crippen molar-refractivity contribution in [2.75, 3.05) is 5.75 Å². The first kappa shape index (κ1) is 17.3. The molecule has 0 aliphatic rings. The van der Waals surface area contributed by atoms with E-state index in [4.69, 9.17) is 10.00 Å². The highest BCUT2D eigenvalue weighted by atomic mass is 32.2. The van der Waals surface area contributed by atoms with Crippen LogP contribution in [0.4, 0.5) is 0 Å². The number of hydrogen-bond acceptors (Lipinski definition) is 5. The monoisotopic (exact) mass is 327 g/mol. The topological polar surface area (TPSA) is 58.8 Å². The van der Waals surface area contributed by atoms with E-state index >= 15 is 0 Å². The fourth-order valence-electron chi connectivity index (χ4n) is 2.46. The summed E-state index contributed by atoms with van der Waals surface area (Å²) in [6.45, 7) is 9.97. The van der Waals surface area contributed by atoms with Crippen LogP contribution in [0, 0.1) is 32.1 Å². The van der Waals surface area contributed by atoms with Gasteiger partial charge in [0.25, 0.3) is 0 Å². The maximum Gasteiger partial charge on any atom is 0.236 e. The largest absolute Gasteiger partial charge is 0.437 e. The molecule has 0 bridgehead atoms. The average Bonchev–Trinajstić information content (AvgIpc) is 2.52. The fourth-order valence-corrected chi connectivity index (χ4v) is 3.32. The molecule has 0 unspecified atom stereocenters. The van der Waals surface area contributed by atoms with Gasteiger partial charge in [-0.3, -0.25) is 0 Å². The first-order valence-corrected chi connectivity index (χ1v) is 8.68. The molecule has 0 saturated heterocycles. The molecule has 0 fully saturated rings. The Bertz CT molecular complexity index is 743. The summed E-state index contributed by atoms with van der Waals surface area (Å²) >= 11 is 1.70. The van der Waals surface area contributed by atoms with E-state index in [-0.39, 0.29) is 0 Å². The van der Waals surface area contributed by atoms with Crippen LogP contribution in [0.5, 0.6) is 11.6 Å². The average molecular weight is 327 g/mol. The van der Waals surface area contributed by atoms with Crippen LogP contribution in [-0.2, 0) is 6.42 Å². The molecule has 120 valence electrons. The minimum atomic E-state index is 0.608. The minimum Gasteiger partial charge on any atom is -0.437 e. The molecule has 2 aromatic rings. The summed E-state index contributed by atoms with van der Waals surface area (Å²) in [6.07, 6.45) is 0.841. The normalized spacial score (nSPS) is 10.4. The summed E-state index contributed by atoms with van der Waals surface area (Å²) in [5.74, 6) is 3.02. The zero-order valence-corrected chi connectivity index (χ0v) is 15.0. The Kier molecular flexibility index (Phi) is 5.62. The first-order chi connectivity index (χ1) is 11.0. The molecule has 2 rings (SSSR count). The van der Waals surface area contributed by atoms with Crippen molar-refractivity contribution in [3.63, 3.8) is 0 Å². The molecule has 0 aliphatic carbocycles. The predicted octanol–water partition coefficient (Wildman–Crippen LogP) is 4.74. The van der Waals surface area contributed by atoms with Crippen LogP contribution in [0.25, 0.3) is 0 Å². The summed E-state index contributed by atoms with van der Waals surface area (Å²) in [5, 5.41) is 9.07. The van der Waals surface area contributed by atoms with Gasteiger partial charge in [0.05, 0.1) is 22.2 Å². The lowest BCUT2D eigenvalue weighted by Crippen LogP contribution is -2.03. The van der Waals surface area contributed by atoms with E-state index in [1.165, 1.54) is 0 Å². The highest BCUT2D eigenvalue weighted by molar-refractivity contribution is 7.99. The van der Waals surface area contributed by atoms with E-state index in [9.17, 15) is 0 Å². The lowest BCUT2D eigenvalue weighted by molar-refractivity contribution is 0.438. The minimum absolute atomic E-state index is 0.608. The number of rotatable bonds is 5. The molecule has 0 aliphatic heterocycles. The van der Waals surface area contributed by atoms with Gasteiger partial charge in [-0.15, -0.1) is 11.8 Å². The number of nitriles is 1. The van der Waals surface area contributed by atoms with E-state index in [0.717, 1.165) is 39.6 Å². The van der Waals surface area contributed by atoms with Gasteiger partial charge in [0.2, 0.25) is 5.88 Å². The Morgan fingerprint density at radius 1 is 1.13 bits per heavy atom. The summed E-state index contributed by atoms with van der Waals surface area (Å²) in [5.41, 5.74) is 3.53. The van der Waals surface area contributed by atoms with Crippen molar-refractivity contribution >= 4 is 11.8 Å². The molecule has 4 nitrogen and oxygen atoms in total. The molecule has 1 aromatic heterocycles. The van der Waals surface area contributed by atoms with E-state index in [1.54, 1.807) is 11.8 Å². The number of aryl methyl sites for hydroxylation is 4. The second-order valence-corrected chi connectivity index (χ2v) is 6.57. The van der Waals surface area contributed by atoms with Crippen molar-refractivity contribution in [1.82, 2.24) is 9.97 Å². The molecule has 0 saturated carbocycles. The molecule has 0 radical (unpaired) electrons. The van der Waals surface area contributed by atoms with Gasteiger partial charge >= 0.3 is 0 Å². The number of hydrogen-bond donors (Lipinski definition) is 0. The number of ether oxygens (including phenoxy) is 1. The summed E-state index contributed by atoms with van der Waals surface area (Å²) in [7, 11) is 0. The third-order valence-electron chi connectivity index (χ3n) is 3.43. The van der Waals surface area contributed by atoms with E-state index in [1.807, 2.05) is 32.9 Å². The second-order valence-electron chi connectivity index (χ2n) is 5.29. The number of nitrogens with zero attached hydrogens (tertiary/aromatic N) is 3. The van der Waals surface area contributed by atoms with E-state index in [0.29, 0.717) is 17.3 Å². The molecule has 0 spiro atoms. The van der Waals surface area contributed by atoms with Gasteiger partial charge in [0.15, 0.2) is 0 Å². The molecule has 0 atom stereocenters. The standard InChI is InChI=1S/C18H21N3OS/c1-6-15-17(23-7-2)18(21-13(5)20-15)22-16-11(3)8-14(10-19)9-12(16)4/h8-9H,6-7H2,1-5H3. The van der Waals surface area contributed by atoms with Crippen molar-refractivity contribution in [3.8, 4) is 17.7 Å². The van der Waals surface area contributed by atoms with Crippen LogP contribution in [0.15, 0.2) is 17.0 Å². The van der Waals surface area contributed by atoms with Gasteiger partial charge in [-0.1, -0.05) is 13.8 Å². The summed E-state index contributed by atoms with van der Waals surface area (Å²) in [6, 6.07) is 5.85. The highest BCUT2D eigenvalue weighted by Crippen LogP contribution is 2.36. The Balaban J connectivity index is 2.52. The van der Waals surface area contributed by atoms with Crippen LogP contribution in [-0.4, -0.2) is 15.7 Å². The Morgan fingerprint density at radius 3 is 2.30 bits per heavy atom. The second kappa shape index (κ2) is 7.47. The molecular weight excluding hydrogens is 306 g/mol. The van der Waals surface area contributed by atoms with Gasteiger partial charge in [-0.25, -0.2) is 4.98 Å². The number of benzene rings is 1. The SMILES string of the molecule is CCSc1c(CC)nc(C)nc1Oc1c(C)cc(C#N)cc1C. The molecule has 5 heteroatoms. The van der Waals surface area contributed by atoms with Crippen LogP contribution in [0.1, 0.15) is 42.1 Å². The first-order valence-electron chi connectivity index (χ1n) is 7.69. The molecular formula is C18H21N3OS. The molecule has 0 amide bonds. The van der Waals surface area contributed by atoms with Gasteiger partial charge < -0.3 is 4.74 Å². The maximum absolute atomic E-state index is 9.07. The third-order valence-corrected chi connectivity index (χ3v) is 4.42. The van der Waals surface area contributed by atoms with E-state index < -0.39 is 0 Å². The van der Waals surface area contributed by atoms with Crippen LogP contribution in [0.3, 0.4) is 0 Å². The third kappa shape index (κ3) is 3.83. The smallest absolute Gasteiger partial charge is 0.236 e. The molecule has 1 aromatic carbocycles. The number of aromatic nitrogens is 2. The summed E-state index contributed by atoms with van der Waals surface area (Å²) < 4.78 is 6.17. The Labute approximate surface area is 141 Å². The Morgan fingerprint density at radius 2 is 1.78 bits per heavy atom. The van der Waals surface area contributed by atoms with Gasteiger partial charge in [0.1, 0.15) is 11.6 Å². The lowest BCUT2D eigenvalue weighted by Gasteiger charge is -2.16. The van der Waals surface area contributed by atoms with Crippen LogP contribution in [0.2, 0.25) is 0 Å². The fraction of sp³-hybridized carbons (Fsp3) is 0.389.